The Morgan fingerprint density at radius 3 is 2.68 bits per heavy atom. The lowest BCUT2D eigenvalue weighted by molar-refractivity contribution is -0.140. The second-order valence-corrected chi connectivity index (χ2v) is 6.10. The molecule has 0 bridgehead atoms. The number of hydrogen-bond acceptors (Lipinski definition) is 4. The highest BCUT2D eigenvalue weighted by molar-refractivity contribution is 5.96. The van der Waals surface area contributed by atoms with E-state index in [1.165, 1.54) is 31.6 Å². The van der Waals surface area contributed by atoms with E-state index in [4.69, 9.17) is 4.42 Å². The second-order valence-electron chi connectivity index (χ2n) is 6.10. The molecule has 1 N–H and O–H groups in total. The number of furan rings is 1. The van der Waals surface area contributed by atoms with E-state index >= 15 is 0 Å². The van der Waals surface area contributed by atoms with Crippen LogP contribution in [-0.4, -0.2) is 25.5 Å². The Bertz CT molecular complexity index is 811. The van der Waals surface area contributed by atoms with Crippen molar-refractivity contribution in [3.63, 3.8) is 0 Å². The molecule has 1 fully saturated rings. The Morgan fingerprint density at radius 1 is 1.28 bits per heavy atom. The molecule has 3 rings (SSSR count). The molecule has 2 aromatic rings. The summed E-state index contributed by atoms with van der Waals surface area (Å²) >= 11 is 0. The number of esters is 1. The van der Waals surface area contributed by atoms with Gasteiger partial charge in [-0.15, -0.1) is 0 Å². The van der Waals surface area contributed by atoms with E-state index in [9.17, 15) is 18.4 Å². The molecule has 1 amide bonds. The lowest BCUT2D eigenvalue weighted by Crippen LogP contribution is -2.33. The van der Waals surface area contributed by atoms with Gasteiger partial charge in [-0.1, -0.05) is 6.07 Å². The lowest BCUT2D eigenvalue weighted by atomic mass is 9.95. The number of methoxy groups -OCH3 is 1. The Morgan fingerprint density at radius 2 is 2.04 bits per heavy atom. The molecule has 1 heterocycles. The average Bonchev–Trinajstić information content (AvgIpc) is 3.22. The van der Waals surface area contributed by atoms with E-state index in [0.717, 1.165) is 6.07 Å². The zero-order valence-electron chi connectivity index (χ0n) is 13.6. The van der Waals surface area contributed by atoms with Gasteiger partial charge in [0.25, 0.3) is 5.91 Å². The van der Waals surface area contributed by atoms with Crippen LogP contribution < -0.4 is 5.32 Å². The van der Waals surface area contributed by atoms with Crippen molar-refractivity contribution in [1.82, 2.24) is 5.32 Å². The molecule has 0 saturated heterocycles. The highest BCUT2D eigenvalue weighted by Crippen LogP contribution is 2.48. The zero-order chi connectivity index (χ0) is 18.0. The van der Waals surface area contributed by atoms with Crippen molar-refractivity contribution >= 4 is 11.9 Å². The Labute approximate surface area is 143 Å². The number of nitrogens with one attached hydrogen (secondary N) is 1. The van der Waals surface area contributed by atoms with E-state index in [2.05, 4.69) is 10.1 Å². The fourth-order valence-electron chi connectivity index (χ4n) is 2.84. The summed E-state index contributed by atoms with van der Waals surface area (Å²) in [7, 11) is 1.25. The van der Waals surface area contributed by atoms with Crippen molar-refractivity contribution < 1.29 is 27.5 Å². The van der Waals surface area contributed by atoms with Crippen molar-refractivity contribution in [3.8, 4) is 0 Å². The normalized spacial score (nSPS) is 14.8. The molecule has 1 aromatic carbocycles. The van der Waals surface area contributed by atoms with Crippen molar-refractivity contribution in [2.75, 3.05) is 13.7 Å². The highest BCUT2D eigenvalue weighted by atomic mass is 19.1. The Balaban J connectivity index is 1.69. The molecule has 1 aliphatic rings. The number of ether oxygens (including phenoxy) is 1. The third-order valence-electron chi connectivity index (χ3n) is 4.47. The molecule has 0 spiro atoms. The average molecular weight is 349 g/mol. The molecule has 0 aliphatic heterocycles. The van der Waals surface area contributed by atoms with Crippen molar-refractivity contribution in [2.45, 2.75) is 24.7 Å². The minimum Gasteiger partial charge on any atom is -0.469 e. The fraction of sp³-hybridized carbons (Fsp3) is 0.333. The lowest BCUT2D eigenvalue weighted by Gasteiger charge is -2.17. The van der Waals surface area contributed by atoms with Gasteiger partial charge < -0.3 is 14.5 Å². The molecule has 25 heavy (non-hydrogen) atoms. The summed E-state index contributed by atoms with van der Waals surface area (Å²) in [5.74, 6) is -1.96. The summed E-state index contributed by atoms with van der Waals surface area (Å²) in [6.07, 6.45) is 2.58. The van der Waals surface area contributed by atoms with Gasteiger partial charge in [0.15, 0.2) is 0 Å². The van der Waals surface area contributed by atoms with Crippen molar-refractivity contribution in [2.24, 2.45) is 0 Å². The van der Waals surface area contributed by atoms with Crippen LogP contribution in [0.25, 0.3) is 0 Å². The van der Waals surface area contributed by atoms with E-state index < -0.39 is 28.9 Å². The van der Waals surface area contributed by atoms with Gasteiger partial charge in [-0.25, -0.2) is 8.78 Å². The first-order valence-electron chi connectivity index (χ1n) is 7.82. The Hall–Kier alpha value is -2.70. The largest absolute Gasteiger partial charge is 0.469 e. The van der Waals surface area contributed by atoms with Gasteiger partial charge in [-0.2, -0.15) is 0 Å². The van der Waals surface area contributed by atoms with E-state index in [-0.39, 0.29) is 24.3 Å². The van der Waals surface area contributed by atoms with Crippen LogP contribution in [0.5, 0.6) is 0 Å². The summed E-state index contributed by atoms with van der Waals surface area (Å²) in [5.41, 5.74) is 0.122. The third kappa shape index (κ3) is 3.55. The molecular weight excluding hydrogens is 332 g/mol. The monoisotopic (exact) mass is 349 g/mol. The molecule has 1 aliphatic carbocycles. The van der Waals surface area contributed by atoms with Crippen molar-refractivity contribution in [1.29, 1.82) is 0 Å². The van der Waals surface area contributed by atoms with Crippen LogP contribution in [0.4, 0.5) is 8.78 Å². The zero-order valence-corrected chi connectivity index (χ0v) is 13.6. The smallest absolute Gasteiger partial charge is 0.313 e. The molecule has 1 saturated carbocycles. The van der Waals surface area contributed by atoms with Gasteiger partial charge in [-0.3, -0.25) is 9.59 Å². The van der Waals surface area contributed by atoms with Crippen molar-refractivity contribution in [3.05, 3.63) is 59.1 Å². The van der Waals surface area contributed by atoms with Crippen LogP contribution in [-0.2, 0) is 21.4 Å². The molecule has 5 nitrogen and oxygen atoms in total. The fourth-order valence-corrected chi connectivity index (χ4v) is 2.84. The minimum absolute atomic E-state index is 0.149. The first kappa shape index (κ1) is 17.1. The number of carbonyl (C=O) groups is 2. The minimum atomic E-state index is -0.632. The maximum absolute atomic E-state index is 14.0. The summed E-state index contributed by atoms with van der Waals surface area (Å²) in [4.78, 5) is 23.7. The van der Waals surface area contributed by atoms with Gasteiger partial charge in [0.2, 0.25) is 0 Å². The van der Waals surface area contributed by atoms with Gasteiger partial charge >= 0.3 is 5.97 Å². The molecule has 0 unspecified atom stereocenters. The van der Waals surface area contributed by atoms with Crippen LogP contribution in [0.3, 0.4) is 0 Å². The van der Waals surface area contributed by atoms with Gasteiger partial charge in [-0.05, 0) is 30.5 Å². The van der Waals surface area contributed by atoms with E-state index in [0.29, 0.717) is 18.4 Å². The van der Waals surface area contributed by atoms with Gasteiger partial charge in [0.05, 0.1) is 18.9 Å². The van der Waals surface area contributed by atoms with Crippen LogP contribution >= 0.6 is 0 Å². The summed E-state index contributed by atoms with van der Waals surface area (Å²) in [6, 6.07) is 4.95. The number of benzene rings is 1. The molecule has 1 aromatic heterocycles. The first-order chi connectivity index (χ1) is 11.9. The maximum Gasteiger partial charge on any atom is 0.313 e. The van der Waals surface area contributed by atoms with E-state index in [1.807, 2.05) is 0 Å². The molecule has 0 radical (unpaired) electrons. The number of amides is 1. The molecular formula is C18H17F2NO4. The molecule has 132 valence electrons. The molecule has 0 atom stereocenters. The summed E-state index contributed by atoms with van der Waals surface area (Å²) in [5, 5.41) is 2.75. The standard InChI is InChI=1S/C18H17F2NO4/c1-24-16(22)9-15-12(4-7-25-15)17(23)21-10-18(5-6-18)13-3-2-11(19)8-14(13)20/h2-4,7-8H,5-6,9-10H2,1H3,(H,21,23). The number of rotatable bonds is 6. The van der Waals surface area contributed by atoms with E-state index in [1.54, 1.807) is 0 Å². The maximum atomic E-state index is 14.0. The topological polar surface area (TPSA) is 68.5 Å². The van der Waals surface area contributed by atoms with Gasteiger partial charge in [0.1, 0.15) is 23.8 Å². The number of halogens is 2. The first-order valence-corrected chi connectivity index (χ1v) is 7.82. The van der Waals surface area contributed by atoms with Crippen LogP contribution in [0, 0.1) is 11.6 Å². The van der Waals surface area contributed by atoms with Crippen LogP contribution in [0.15, 0.2) is 34.9 Å². The van der Waals surface area contributed by atoms with Crippen LogP contribution in [0.2, 0.25) is 0 Å². The summed E-state index contributed by atoms with van der Waals surface area (Å²) in [6.45, 7) is 0.219. The second kappa shape index (κ2) is 6.66. The quantitative estimate of drug-likeness (QED) is 0.814. The summed E-state index contributed by atoms with van der Waals surface area (Å²) < 4.78 is 36.8. The number of carbonyl (C=O) groups excluding carboxylic acids is 2. The third-order valence-corrected chi connectivity index (χ3v) is 4.47. The highest BCUT2D eigenvalue weighted by Gasteiger charge is 2.46. The number of hydrogen-bond donors (Lipinski definition) is 1. The van der Waals surface area contributed by atoms with Gasteiger partial charge in [0, 0.05) is 18.0 Å². The Kier molecular flexibility index (Phi) is 4.57. The predicted octanol–water partition coefficient (Wildman–Crippen LogP) is 2.73. The van der Waals surface area contributed by atoms with Crippen LogP contribution in [0.1, 0.15) is 34.5 Å². The SMILES string of the molecule is COC(=O)Cc1occc1C(=O)NCC1(c2ccc(F)cc2F)CC1. The predicted molar refractivity (Wildman–Crippen MR) is 84.0 cm³/mol. The molecule has 7 heteroatoms.